The van der Waals surface area contributed by atoms with Crippen molar-refractivity contribution in [2.24, 2.45) is 16.6 Å². The minimum atomic E-state index is -1.24. The molecule has 3 aliphatic rings. The quantitative estimate of drug-likeness (QED) is 0.341. The van der Waals surface area contributed by atoms with E-state index in [1.54, 1.807) is 24.3 Å². The van der Waals surface area contributed by atoms with Crippen LogP contribution in [0.2, 0.25) is 0 Å². The van der Waals surface area contributed by atoms with Crippen molar-refractivity contribution >= 4 is 28.0 Å². The first-order valence-corrected chi connectivity index (χ1v) is 13.8. The van der Waals surface area contributed by atoms with Crippen molar-refractivity contribution in [3.8, 4) is 6.57 Å². The molecule has 6 N–H and O–H groups in total. The fourth-order valence-corrected chi connectivity index (χ4v) is 7.46. The van der Waals surface area contributed by atoms with Crippen LogP contribution >= 0.6 is 0 Å². The van der Waals surface area contributed by atoms with Crippen molar-refractivity contribution in [1.82, 2.24) is 4.98 Å². The van der Waals surface area contributed by atoms with Gasteiger partial charge in [0.25, 0.3) is 5.56 Å². The van der Waals surface area contributed by atoms with Crippen molar-refractivity contribution in [2.45, 2.75) is 86.9 Å². The molecule has 194 valence electrons. The molecule has 0 radical (unpaired) electrons. The fraction of sp³-hybridized carbons (Fsp3) is 0.519. The number of rotatable bonds is 2. The van der Waals surface area contributed by atoms with Gasteiger partial charge in [-0.25, -0.2) is 10.3 Å². The van der Waals surface area contributed by atoms with Gasteiger partial charge in [0.1, 0.15) is 11.4 Å². The Morgan fingerprint density at radius 2 is 1.78 bits per heavy atom. The van der Waals surface area contributed by atoms with E-state index in [9.17, 15) is 14.1 Å². The first kappa shape index (κ1) is 27.6. The van der Waals surface area contributed by atoms with E-state index in [2.05, 4.69) is 23.5 Å². The Kier molecular flexibility index (Phi) is 9.46. The Hall–Kier alpha value is -2.96. The summed E-state index contributed by atoms with van der Waals surface area (Å²) in [6.07, 6.45) is 12.7. The van der Waals surface area contributed by atoms with E-state index in [-0.39, 0.29) is 17.1 Å². The van der Waals surface area contributed by atoms with Gasteiger partial charge in [-0.2, -0.15) is 0 Å². The lowest BCUT2D eigenvalue weighted by Gasteiger charge is -2.34. The zero-order chi connectivity index (χ0) is 26.3. The Labute approximate surface area is 215 Å². The molecule has 0 saturated heterocycles. The second-order valence-electron chi connectivity index (χ2n) is 9.90. The van der Waals surface area contributed by atoms with Gasteiger partial charge >= 0.3 is 0 Å². The average Bonchev–Trinajstić information content (AvgIpc) is 3.08. The largest absolute Gasteiger partial charge is 0.398 e. The van der Waals surface area contributed by atoms with E-state index >= 15 is 0 Å². The molecular formula is C27H37N5O3S. The van der Waals surface area contributed by atoms with Crippen molar-refractivity contribution in [2.75, 3.05) is 5.73 Å². The Balaban J connectivity index is 0.000000342. The van der Waals surface area contributed by atoms with Gasteiger partial charge in [-0.05, 0) is 43.0 Å². The minimum absolute atomic E-state index is 0.00436. The molecule has 1 aromatic heterocycles. The first-order valence-electron chi connectivity index (χ1n) is 12.6. The smallest absolute Gasteiger partial charge is 0.261 e. The number of aliphatic hydroxyl groups excluding tert-OH is 1. The second kappa shape index (κ2) is 12.3. The number of fused-ring (bicyclic) bond motifs is 1. The van der Waals surface area contributed by atoms with Crippen molar-refractivity contribution in [3.05, 3.63) is 51.9 Å². The number of pyridine rings is 1. The van der Waals surface area contributed by atoms with Crippen LogP contribution in [0.25, 0.3) is 0 Å². The zero-order valence-corrected chi connectivity index (χ0v) is 21.7. The van der Waals surface area contributed by atoms with E-state index in [4.69, 9.17) is 16.7 Å². The predicted octanol–water partition coefficient (Wildman–Crippen LogP) is 4.58. The van der Waals surface area contributed by atoms with Crippen molar-refractivity contribution < 1.29 is 9.32 Å². The number of benzene rings is 1. The highest BCUT2D eigenvalue weighted by Crippen LogP contribution is 2.52. The van der Waals surface area contributed by atoms with Crippen LogP contribution in [-0.2, 0) is 10.8 Å². The van der Waals surface area contributed by atoms with Crippen LogP contribution in [0.5, 0.6) is 0 Å². The number of nitrogens with one attached hydrogen (secondary N) is 1. The molecule has 2 atom stereocenters. The molecule has 36 heavy (non-hydrogen) atoms. The molecule has 2 aromatic rings. The normalized spacial score (nSPS) is 23.1. The third-order valence-electron chi connectivity index (χ3n) is 7.45. The molecule has 0 bridgehead atoms. The summed E-state index contributed by atoms with van der Waals surface area (Å²) in [7, 11) is -1.24. The van der Waals surface area contributed by atoms with E-state index in [0.29, 0.717) is 16.1 Å². The number of nitriles is 1. The fourth-order valence-electron chi connectivity index (χ4n) is 5.46. The molecule has 5 rings (SSSR count). The van der Waals surface area contributed by atoms with Crippen LogP contribution in [0.3, 0.4) is 0 Å². The molecule has 2 saturated carbocycles. The third-order valence-corrected chi connectivity index (χ3v) is 9.59. The monoisotopic (exact) mass is 511 g/mol. The van der Waals surface area contributed by atoms with Gasteiger partial charge in [-0.1, -0.05) is 58.3 Å². The predicted molar refractivity (Wildman–Crippen MR) is 144 cm³/mol. The van der Waals surface area contributed by atoms with E-state index in [1.807, 2.05) is 0 Å². The maximum Gasteiger partial charge on any atom is 0.261 e. The van der Waals surface area contributed by atoms with Gasteiger partial charge in [-0.3, -0.25) is 9.00 Å². The zero-order valence-electron chi connectivity index (χ0n) is 20.9. The van der Waals surface area contributed by atoms with E-state index in [1.165, 1.54) is 38.3 Å². The molecular weight excluding hydrogens is 474 g/mol. The first-order chi connectivity index (χ1) is 17.3. The van der Waals surface area contributed by atoms with Gasteiger partial charge in [0.2, 0.25) is 0 Å². The number of hydrogen-bond donors (Lipinski definition) is 4. The van der Waals surface area contributed by atoms with Gasteiger partial charge < -0.3 is 21.6 Å². The van der Waals surface area contributed by atoms with Gasteiger partial charge in [0.05, 0.1) is 27.3 Å². The number of hydrogen-bond acceptors (Lipinski definition) is 6. The minimum Gasteiger partial charge on any atom is -0.398 e. The SMILES string of the molecule is C#N.CC1CCCCC1.NC(=Nc1ccc2c(c1)C(O)C1(CCCCC1)S2=O)c1c(N)cc[nH]c1=O. The number of H-pyrrole nitrogens is 1. The van der Waals surface area contributed by atoms with Gasteiger partial charge in [0.15, 0.2) is 0 Å². The van der Waals surface area contributed by atoms with Crippen LogP contribution in [0.1, 0.15) is 88.4 Å². The van der Waals surface area contributed by atoms with Gasteiger partial charge in [-0.15, -0.1) is 0 Å². The van der Waals surface area contributed by atoms with Crippen molar-refractivity contribution in [1.29, 1.82) is 5.26 Å². The third kappa shape index (κ3) is 5.71. The highest BCUT2D eigenvalue weighted by atomic mass is 32.2. The number of anilines is 1. The van der Waals surface area contributed by atoms with Crippen LogP contribution in [-0.4, -0.2) is 24.9 Å². The molecule has 2 unspecified atom stereocenters. The number of nitrogens with two attached hydrogens (primary N) is 2. The molecule has 1 aromatic carbocycles. The molecule has 8 nitrogen and oxygen atoms in total. The Morgan fingerprint density at radius 3 is 2.36 bits per heavy atom. The maximum absolute atomic E-state index is 13.1. The lowest BCUT2D eigenvalue weighted by molar-refractivity contribution is 0.109. The number of nitrogens with zero attached hydrogens (tertiary/aromatic N) is 2. The number of aliphatic imine (C=N–C) groups is 1. The highest BCUT2D eigenvalue weighted by molar-refractivity contribution is 7.87. The number of amidine groups is 1. The molecule has 9 heteroatoms. The number of aromatic nitrogens is 1. The Morgan fingerprint density at radius 1 is 1.14 bits per heavy atom. The molecule has 2 aliphatic carbocycles. The standard InChI is InChI=1S/C19H22N4O3S.C7H14.CHN/c20-13-6-9-22-18(25)15(13)17(21)23-11-4-5-14-12(10-11)16(24)19(27(14)26)7-2-1-3-8-19;1-7-5-3-2-4-6-7;1-2/h4-6,9-10,16,24H,1-3,7-8H2,(H2,21,23)(H3,20,22,25);7H,2-6H2,1H3;1H. The van der Waals surface area contributed by atoms with E-state index in [0.717, 1.165) is 38.0 Å². The molecule has 2 fully saturated rings. The molecule has 2 heterocycles. The number of aliphatic hydroxyl groups is 1. The maximum atomic E-state index is 13.1. The summed E-state index contributed by atoms with van der Waals surface area (Å²) < 4.78 is 12.5. The van der Waals surface area contributed by atoms with Crippen LogP contribution in [0.4, 0.5) is 11.4 Å². The van der Waals surface area contributed by atoms with Crippen LogP contribution in [0, 0.1) is 17.8 Å². The summed E-state index contributed by atoms with van der Waals surface area (Å²) in [5, 5.41) is 17.4. The molecule has 0 amide bonds. The number of nitrogen functional groups attached to an aromatic ring is 1. The highest BCUT2D eigenvalue weighted by Gasteiger charge is 2.52. The lowest BCUT2D eigenvalue weighted by atomic mass is 9.82. The van der Waals surface area contributed by atoms with E-state index < -0.39 is 27.2 Å². The van der Waals surface area contributed by atoms with Crippen molar-refractivity contribution in [3.63, 3.8) is 0 Å². The lowest BCUT2D eigenvalue weighted by Crippen LogP contribution is -2.38. The topological polar surface area (TPSA) is 158 Å². The summed E-state index contributed by atoms with van der Waals surface area (Å²) in [5.74, 6) is 1.03. The Bertz CT molecular complexity index is 1180. The molecule has 1 aliphatic heterocycles. The summed E-state index contributed by atoms with van der Waals surface area (Å²) in [4.78, 5) is 19.5. The summed E-state index contributed by atoms with van der Waals surface area (Å²) in [6.45, 7) is 5.86. The van der Waals surface area contributed by atoms with Crippen LogP contribution in [0.15, 0.2) is 45.1 Å². The second-order valence-corrected chi connectivity index (χ2v) is 11.7. The van der Waals surface area contributed by atoms with Gasteiger partial charge in [0, 0.05) is 28.9 Å². The average molecular weight is 512 g/mol. The summed E-state index contributed by atoms with van der Waals surface area (Å²) in [5.41, 5.74) is 12.9. The number of aromatic amines is 1. The summed E-state index contributed by atoms with van der Waals surface area (Å²) >= 11 is 0. The summed E-state index contributed by atoms with van der Waals surface area (Å²) in [6, 6.07) is 6.69. The molecule has 1 spiro atoms. The van der Waals surface area contributed by atoms with Crippen LogP contribution < -0.4 is 17.0 Å².